The molecule has 0 saturated heterocycles. The first-order valence-electron chi connectivity index (χ1n) is 3.98. The number of halogens is 3. The predicted octanol–water partition coefficient (Wildman–Crippen LogP) is 1.82. The van der Waals surface area contributed by atoms with E-state index in [-0.39, 0.29) is 0 Å². The minimum absolute atomic E-state index is 0.470. The zero-order valence-electron chi connectivity index (χ0n) is 8.00. The number of nitrogens with zero attached hydrogens (tertiary/aromatic N) is 2. The van der Waals surface area contributed by atoms with E-state index in [0.29, 0.717) is 6.07 Å². The molecule has 0 spiro atoms. The molecule has 0 unspecified atom stereocenters. The molecule has 7 heteroatoms. The molecule has 1 rings (SSSR count). The SMILES string of the molecule is COC(=O)c1nc(C#N)cc(F)c1C(F)F. The minimum atomic E-state index is -3.21. The second-order valence-corrected chi connectivity index (χ2v) is 2.66. The van der Waals surface area contributed by atoms with Crippen molar-refractivity contribution in [3.05, 3.63) is 28.8 Å². The highest BCUT2D eigenvalue weighted by molar-refractivity contribution is 5.89. The molecule has 1 aromatic rings. The molecule has 0 amide bonds. The van der Waals surface area contributed by atoms with Gasteiger partial charge in [-0.1, -0.05) is 0 Å². The van der Waals surface area contributed by atoms with Crippen LogP contribution in [0.2, 0.25) is 0 Å². The van der Waals surface area contributed by atoms with Crippen LogP contribution in [0.4, 0.5) is 13.2 Å². The lowest BCUT2D eigenvalue weighted by molar-refractivity contribution is 0.0579. The number of alkyl halides is 2. The second kappa shape index (κ2) is 4.61. The van der Waals surface area contributed by atoms with E-state index in [4.69, 9.17) is 5.26 Å². The molecule has 0 aliphatic carbocycles. The summed E-state index contributed by atoms with van der Waals surface area (Å²) < 4.78 is 42.2. The highest BCUT2D eigenvalue weighted by atomic mass is 19.3. The number of ether oxygens (including phenoxy) is 1. The van der Waals surface area contributed by atoms with E-state index in [0.717, 1.165) is 7.11 Å². The van der Waals surface area contributed by atoms with Gasteiger partial charge in [-0.05, 0) is 0 Å². The molecular weight excluding hydrogens is 225 g/mol. The van der Waals surface area contributed by atoms with Gasteiger partial charge in [-0.15, -0.1) is 0 Å². The molecule has 0 aliphatic rings. The summed E-state index contributed by atoms with van der Waals surface area (Å²) in [4.78, 5) is 14.4. The number of rotatable bonds is 2. The molecule has 0 saturated carbocycles. The van der Waals surface area contributed by atoms with E-state index in [1.54, 1.807) is 0 Å². The first kappa shape index (κ1) is 12.0. The molecule has 0 bridgehead atoms. The van der Waals surface area contributed by atoms with Crippen molar-refractivity contribution >= 4 is 5.97 Å². The lowest BCUT2D eigenvalue weighted by Crippen LogP contribution is -2.12. The maximum Gasteiger partial charge on any atom is 0.357 e. The molecule has 0 fully saturated rings. The van der Waals surface area contributed by atoms with E-state index < -0.39 is 35.2 Å². The molecule has 1 aromatic heterocycles. The summed E-state index contributed by atoms with van der Waals surface area (Å²) in [5.41, 5.74) is -2.51. The second-order valence-electron chi connectivity index (χ2n) is 2.66. The molecule has 0 atom stereocenters. The molecule has 1 heterocycles. The maximum absolute atomic E-state index is 13.2. The van der Waals surface area contributed by atoms with Crippen molar-refractivity contribution in [3.63, 3.8) is 0 Å². The van der Waals surface area contributed by atoms with Gasteiger partial charge in [-0.2, -0.15) is 5.26 Å². The monoisotopic (exact) mass is 230 g/mol. The largest absolute Gasteiger partial charge is 0.464 e. The van der Waals surface area contributed by atoms with Crippen molar-refractivity contribution in [2.45, 2.75) is 6.43 Å². The van der Waals surface area contributed by atoms with Crippen molar-refractivity contribution < 1.29 is 22.7 Å². The lowest BCUT2D eigenvalue weighted by atomic mass is 10.1. The summed E-state index contributed by atoms with van der Waals surface area (Å²) in [7, 11) is 0.941. The third-order valence-corrected chi connectivity index (χ3v) is 1.72. The summed E-state index contributed by atoms with van der Waals surface area (Å²) in [5.74, 6) is -2.58. The number of hydrogen-bond donors (Lipinski definition) is 0. The first-order valence-corrected chi connectivity index (χ1v) is 3.98. The van der Waals surface area contributed by atoms with Gasteiger partial charge in [-0.3, -0.25) is 0 Å². The zero-order chi connectivity index (χ0) is 12.3. The van der Waals surface area contributed by atoms with Crippen molar-refractivity contribution in [3.8, 4) is 6.07 Å². The van der Waals surface area contributed by atoms with E-state index in [1.165, 1.54) is 6.07 Å². The number of aromatic nitrogens is 1. The molecule has 0 aliphatic heterocycles. The van der Waals surface area contributed by atoms with E-state index in [9.17, 15) is 18.0 Å². The van der Waals surface area contributed by atoms with Crippen LogP contribution in [0, 0.1) is 17.1 Å². The third-order valence-electron chi connectivity index (χ3n) is 1.72. The Bertz CT molecular complexity index is 469. The Morgan fingerprint density at radius 2 is 2.25 bits per heavy atom. The van der Waals surface area contributed by atoms with E-state index in [2.05, 4.69) is 9.72 Å². The molecule has 0 radical (unpaired) electrons. The van der Waals surface area contributed by atoms with Gasteiger partial charge in [0.05, 0.1) is 12.7 Å². The van der Waals surface area contributed by atoms with E-state index >= 15 is 0 Å². The zero-order valence-corrected chi connectivity index (χ0v) is 8.00. The number of esters is 1. The average molecular weight is 230 g/mol. The fraction of sp³-hybridized carbons (Fsp3) is 0.222. The van der Waals surface area contributed by atoms with Gasteiger partial charge in [0.2, 0.25) is 0 Å². The number of hydrogen-bond acceptors (Lipinski definition) is 4. The first-order chi connectivity index (χ1) is 7.51. The Morgan fingerprint density at radius 3 is 2.69 bits per heavy atom. The fourth-order valence-corrected chi connectivity index (χ4v) is 1.04. The number of methoxy groups -OCH3 is 1. The Hall–Kier alpha value is -2.10. The van der Waals surface area contributed by atoms with Crippen LogP contribution in [0.15, 0.2) is 6.07 Å². The quantitative estimate of drug-likeness (QED) is 0.727. The molecule has 0 aromatic carbocycles. The summed E-state index contributed by atoms with van der Waals surface area (Å²) >= 11 is 0. The number of nitriles is 1. The summed E-state index contributed by atoms with van der Waals surface area (Å²) in [6, 6.07) is 1.99. The molecule has 16 heavy (non-hydrogen) atoms. The van der Waals surface area contributed by atoms with Gasteiger partial charge in [0.1, 0.15) is 17.6 Å². The van der Waals surface area contributed by atoms with Crippen LogP contribution >= 0.6 is 0 Å². The van der Waals surface area contributed by atoms with Gasteiger partial charge in [0.25, 0.3) is 6.43 Å². The Kier molecular flexibility index (Phi) is 3.45. The van der Waals surface area contributed by atoms with Crippen molar-refractivity contribution in [2.75, 3.05) is 7.11 Å². The smallest absolute Gasteiger partial charge is 0.357 e. The summed E-state index contributed by atoms with van der Waals surface area (Å²) in [6.07, 6.45) is -3.21. The molecule has 84 valence electrons. The van der Waals surface area contributed by atoms with Crippen LogP contribution in [0.25, 0.3) is 0 Å². The average Bonchev–Trinajstić information content (AvgIpc) is 2.26. The number of pyridine rings is 1. The molecular formula is C9H5F3N2O2. The van der Waals surface area contributed by atoms with Gasteiger partial charge in [-0.25, -0.2) is 22.9 Å². The number of carbonyl (C=O) groups excluding carboxylic acids is 1. The molecule has 0 N–H and O–H groups in total. The van der Waals surface area contributed by atoms with Crippen LogP contribution in [0.1, 0.15) is 28.2 Å². The highest BCUT2D eigenvalue weighted by Crippen LogP contribution is 2.25. The van der Waals surface area contributed by atoms with Crippen LogP contribution < -0.4 is 0 Å². The Morgan fingerprint density at radius 1 is 1.62 bits per heavy atom. The van der Waals surface area contributed by atoms with Crippen molar-refractivity contribution in [2.24, 2.45) is 0 Å². The fourth-order valence-electron chi connectivity index (χ4n) is 1.04. The van der Waals surface area contributed by atoms with Gasteiger partial charge in [0, 0.05) is 6.07 Å². The van der Waals surface area contributed by atoms with Crippen LogP contribution in [0.5, 0.6) is 0 Å². The van der Waals surface area contributed by atoms with Gasteiger partial charge >= 0.3 is 5.97 Å². The van der Waals surface area contributed by atoms with Gasteiger partial charge < -0.3 is 4.74 Å². The van der Waals surface area contributed by atoms with Crippen LogP contribution in [0.3, 0.4) is 0 Å². The Labute approximate surface area is 88.3 Å². The van der Waals surface area contributed by atoms with Crippen molar-refractivity contribution in [1.82, 2.24) is 4.98 Å². The van der Waals surface area contributed by atoms with Crippen molar-refractivity contribution in [1.29, 1.82) is 5.26 Å². The number of carbonyl (C=O) groups is 1. The Balaban J connectivity index is 3.48. The van der Waals surface area contributed by atoms with Crippen LogP contribution in [-0.4, -0.2) is 18.1 Å². The third kappa shape index (κ3) is 2.11. The molecule has 4 nitrogen and oxygen atoms in total. The summed E-state index contributed by atoms with van der Waals surface area (Å²) in [6.45, 7) is 0. The topological polar surface area (TPSA) is 63.0 Å². The van der Waals surface area contributed by atoms with E-state index in [1.807, 2.05) is 0 Å². The van der Waals surface area contributed by atoms with Crippen LogP contribution in [-0.2, 0) is 4.74 Å². The highest BCUT2D eigenvalue weighted by Gasteiger charge is 2.26. The summed E-state index contributed by atoms with van der Waals surface area (Å²) in [5, 5.41) is 8.45. The standard InChI is InChI=1S/C9H5F3N2O2/c1-16-9(15)7-6(8(11)12)5(10)2-4(3-13)14-7/h2,8H,1H3. The lowest BCUT2D eigenvalue weighted by Gasteiger charge is -2.07. The maximum atomic E-state index is 13.2. The predicted molar refractivity (Wildman–Crippen MR) is 45.2 cm³/mol. The van der Waals surface area contributed by atoms with Gasteiger partial charge in [0.15, 0.2) is 5.69 Å². The normalized spacial score (nSPS) is 10.0. The minimum Gasteiger partial charge on any atom is -0.464 e.